The summed E-state index contributed by atoms with van der Waals surface area (Å²) in [4.78, 5) is 60.7. The molecule has 0 N–H and O–H groups in total. The molecule has 10 heteroatoms. The highest BCUT2D eigenvalue weighted by Crippen LogP contribution is 2.35. The fourth-order valence-electron chi connectivity index (χ4n) is 6.96. The second-order valence-corrected chi connectivity index (χ2v) is 13.4. The van der Waals surface area contributed by atoms with Crippen molar-refractivity contribution in [3.8, 4) is 0 Å². The lowest BCUT2D eigenvalue weighted by atomic mass is 9.92. The number of hydrogen-bond donors (Lipinski definition) is 0. The van der Waals surface area contributed by atoms with E-state index >= 15 is 0 Å². The quantitative estimate of drug-likeness (QED) is 0.285. The number of thiophene rings is 1. The summed E-state index contributed by atoms with van der Waals surface area (Å²) in [6, 6.07) is 18.3. The Morgan fingerprint density at radius 1 is 0.891 bits per heavy atom. The number of nitrogens with zero attached hydrogens (tertiary/aromatic N) is 3. The average Bonchev–Trinajstić information content (AvgIpc) is 3.74. The molecule has 1 aromatic heterocycles. The van der Waals surface area contributed by atoms with E-state index in [9.17, 15) is 19.2 Å². The lowest BCUT2D eigenvalue weighted by molar-refractivity contribution is -0.147. The summed E-state index contributed by atoms with van der Waals surface area (Å²) in [6.07, 6.45) is 5.69. The molecule has 46 heavy (non-hydrogen) atoms. The number of carbonyl (C=O) groups is 4. The summed E-state index contributed by atoms with van der Waals surface area (Å²) < 4.78 is 10.9. The number of carbonyl (C=O) groups excluding carboxylic acids is 4. The van der Waals surface area contributed by atoms with Crippen molar-refractivity contribution in [1.82, 2.24) is 9.80 Å². The maximum absolute atomic E-state index is 14.5. The molecule has 242 valence electrons. The predicted molar refractivity (Wildman–Crippen MR) is 175 cm³/mol. The molecule has 1 aliphatic carbocycles. The van der Waals surface area contributed by atoms with Gasteiger partial charge in [-0.1, -0.05) is 55.0 Å². The number of methoxy groups -OCH3 is 1. The van der Waals surface area contributed by atoms with Gasteiger partial charge in [-0.2, -0.15) is 0 Å². The number of para-hydroxylation sites is 1. The van der Waals surface area contributed by atoms with Crippen LogP contribution in [0.15, 0.2) is 66.0 Å². The van der Waals surface area contributed by atoms with E-state index < -0.39 is 12.1 Å². The summed E-state index contributed by atoms with van der Waals surface area (Å²) in [5.41, 5.74) is 3.70. The molecule has 0 bridgehead atoms. The minimum Gasteiger partial charge on any atom is -0.469 e. The van der Waals surface area contributed by atoms with Gasteiger partial charge in [0.15, 0.2) is 0 Å². The highest BCUT2D eigenvalue weighted by molar-refractivity contribution is 7.09. The van der Waals surface area contributed by atoms with E-state index in [1.807, 2.05) is 66.0 Å². The van der Waals surface area contributed by atoms with E-state index in [-0.39, 0.29) is 42.9 Å². The lowest BCUT2D eigenvalue weighted by Crippen LogP contribution is -2.54. The van der Waals surface area contributed by atoms with Crippen LogP contribution in [0.2, 0.25) is 0 Å². The lowest BCUT2D eigenvalue weighted by Gasteiger charge is -2.38. The summed E-state index contributed by atoms with van der Waals surface area (Å²) in [7, 11) is 1.35. The molecule has 2 aromatic carbocycles. The minimum absolute atomic E-state index is 0.0679. The molecular weight excluding hydrogens is 602 g/mol. The van der Waals surface area contributed by atoms with Crippen molar-refractivity contribution in [1.29, 1.82) is 0 Å². The molecule has 6 rings (SSSR count). The van der Waals surface area contributed by atoms with Gasteiger partial charge in [-0.3, -0.25) is 19.3 Å². The number of hydrogen-bond acceptors (Lipinski definition) is 7. The Labute approximate surface area is 274 Å². The Morgan fingerprint density at radius 3 is 2.37 bits per heavy atom. The maximum atomic E-state index is 14.5. The summed E-state index contributed by atoms with van der Waals surface area (Å²) in [5.74, 6) is -0.915. The van der Waals surface area contributed by atoms with Gasteiger partial charge in [-0.05, 0) is 72.7 Å². The summed E-state index contributed by atoms with van der Waals surface area (Å²) in [6.45, 7) is 0.496. The third-order valence-electron chi connectivity index (χ3n) is 9.43. The van der Waals surface area contributed by atoms with Crippen LogP contribution in [0.25, 0.3) is 0 Å². The molecule has 3 aliphatic rings. The second kappa shape index (κ2) is 14.5. The average molecular weight is 644 g/mol. The Kier molecular flexibility index (Phi) is 10.0. The summed E-state index contributed by atoms with van der Waals surface area (Å²) in [5, 5.41) is 1.99. The van der Waals surface area contributed by atoms with E-state index in [1.54, 1.807) is 21.1 Å². The topological polar surface area (TPSA) is 96.5 Å². The fraction of sp³-hybridized carbons (Fsp3) is 0.444. The monoisotopic (exact) mass is 643 g/mol. The van der Waals surface area contributed by atoms with E-state index in [0.29, 0.717) is 38.0 Å². The van der Waals surface area contributed by atoms with Crippen LogP contribution in [0.1, 0.15) is 60.1 Å². The number of anilines is 1. The van der Waals surface area contributed by atoms with Crippen LogP contribution >= 0.6 is 11.3 Å². The molecule has 1 fully saturated rings. The fourth-order valence-corrected chi connectivity index (χ4v) is 7.66. The molecule has 2 atom stereocenters. The van der Waals surface area contributed by atoms with Crippen molar-refractivity contribution in [2.75, 3.05) is 25.1 Å². The molecule has 0 spiro atoms. The number of rotatable bonds is 9. The van der Waals surface area contributed by atoms with E-state index in [1.165, 1.54) is 12.0 Å². The molecule has 1 saturated carbocycles. The first-order valence-electron chi connectivity index (χ1n) is 16.2. The first-order valence-corrected chi connectivity index (χ1v) is 17.1. The molecule has 2 aliphatic heterocycles. The molecule has 0 radical (unpaired) electrons. The molecule has 3 heterocycles. The van der Waals surface area contributed by atoms with Crippen LogP contribution in [-0.2, 0) is 49.7 Å². The largest absolute Gasteiger partial charge is 0.469 e. The van der Waals surface area contributed by atoms with Gasteiger partial charge in [-0.15, -0.1) is 11.3 Å². The van der Waals surface area contributed by atoms with Crippen LogP contribution in [-0.4, -0.2) is 72.1 Å². The van der Waals surface area contributed by atoms with Crippen molar-refractivity contribution in [2.24, 2.45) is 0 Å². The zero-order chi connectivity index (χ0) is 32.0. The molecule has 3 aromatic rings. The highest BCUT2D eigenvalue weighted by atomic mass is 32.1. The smallest absolute Gasteiger partial charge is 0.415 e. The predicted octanol–water partition coefficient (Wildman–Crippen LogP) is 5.54. The maximum Gasteiger partial charge on any atom is 0.415 e. The standard InChI is InChI=1S/C36H41N3O6S/c1-44-34(41)22-28-20-25-10-5-6-12-27(25)23-38(28)33(40)24-37(18-17-30-15-9-19-46-30)35(42)32-21-26-11-7-8-16-31(26)39(32)36(43)45-29-13-3-2-4-14-29/h5-12,15-16,19,28-29,32H,2-4,13-14,17-18,20-24H2,1H3/t28-,32-/m1/s1. The Hall–Kier alpha value is -4.18. The first-order chi connectivity index (χ1) is 22.4. The van der Waals surface area contributed by atoms with Gasteiger partial charge in [-0.25, -0.2) is 4.79 Å². The second-order valence-electron chi connectivity index (χ2n) is 12.4. The number of benzene rings is 2. The van der Waals surface area contributed by atoms with Gasteiger partial charge in [0.05, 0.1) is 25.8 Å². The van der Waals surface area contributed by atoms with Crippen LogP contribution in [0.3, 0.4) is 0 Å². The third kappa shape index (κ3) is 7.12. The molecule has 9 nitrogen and oxygen atoms in total. The zero-order valence-corrected chi connectivity index (χ0v) is 27.1. The van der Waals surface area contributed by atoms with E-state index in [0.717, 1.165) is 53.7 Å². The minimum atomic E-state index is -0.822. The van der Waals surface area contributed by atoms with Crippen molar-refractivity contribution >= 4 is 40.9 Å². The zero-order valence-electron chi connectivity index (χ0n) is 26.3. The molecule has 3 amide bonds. The number of fused-ring (bicyclic) bond motifs is 2. The van der Waals surface area contributed by atoms with Gasteiger partial charge in [0.1, 0.15) is 12.1 Å². The van der Waals surface area contributed by atoms with Gasteiger partial charge in [0.2, 0.25) is 11.8 Å². The van der Waals surface area contributed by atoms with Crippen LogP contribution in [0.4, 0.5) is 10.5 Å². The normalized spacial score (nSPS) is 19.2. The van der Waals surface area contributed by atoms with Crippen LogP contribution in [0, 0.1) is 0 Å². The molecular formula is C36H41N3O6S. The van der Waals surface area contributed by atoms with E-state index in [4.69, 9.17) is 9.47 Å². The number of amides is 3. The third-order valence-corrected chi connectivity index (χ3v) is 10.4. The van der Waals surface area contributed by atoms with Gasteiger partial charge >= 0.3 is 12.1 Å². The highest BCUT2D eigenvalue weighted by Gasteiger charge is 2.43. The van der Waals surface area contributed by atoms with E-state index in [2.05, 4.69) is 0 Å². The molecule has 0 unspecified atom stereocenters. The van der Waals surface area contributed by atoms with Crippen molar-refractivity contribution in [3.05, 3.63) is 87.6 Å². The number of ether oxygens (including phenoxy) is 2. The summed E-state index contributed by atoms with van der Waals surface area (Å²) >= 11 is 1.60. The van der Waals surface area contributed by atoms with Gasteiger partial charge in [0.25, 0.3) is 0 Å². The molecule has 0 saturated heterocycles. The van der Waals surface area contributed by atoms with Crippen molar-refractivity contribution in [3.63, 3.8) is 0 Å². The van der Waals surface area contributed by atoms with Crippen LogP contribution in [0.5, 0.6) is 0 Å². The Balaban J connectivity index is 1.26. The van der Waals surface area contributed by atoms with Gasteiger partial charge < -0.3 is 19.3 Å². The van der Waals surface area contributed by atoms with Crippen molar-refractivity contribution < 1.29 is 28.7 Å². The Morgan fingerprint density at radius 2 is 1.63 bits per heavy atom. The van der Waals surface area contributed by atoms with Crippen LogP contribution < -0.4 is 4.90 Å². The van der Waals surface area contributed by atoms with Gasteiger partial charge in [0, 0.05) is 30.4 Å². The SMILES string of the molecule is COC(=O)C[C@H]1Cc2ccccc2CN1C(=O)CN(CCc1cccs1)C(=O)[C@H]1Cc2ccccc2N1C(=O)OC1CCCCC1. The van der Waals surface area contributed by atoms with Crippen molar-refractivity contribution in [2.45, 2.75) is 82.5 Å². The number of esters is 1. The Bertz CT molecular complexity index is 1550. The first kappa shape index (κ1) is 31.8.